The summed E-state index contributed by atoms with van der Waals surface area (Å²) >= 11 is 0. The van der Waals surface area contributed by atoms with Crippen LogP contribution < -0.4 is 0 Å². The molecule has 0 radical (unpaired) electrons. The Morgan fingerprint density at radius 3 is 2.57 bits per heavy atom. The van der Waals surface area contributed by atoms with Gasteiger partial charge in [0.05, 0.1) is 0 Å². The minimum atomic E-state index is 1.05. The Morgan fingerprint density at radius 1 is 1.14 bits per heavy atom. The molecule has 3 rings (SSSR count). The third-order valence-corrected chi connectivity index (χ3v) is 4.28. The SMILES string of the molecule is C/C=C\c1c2c(n(-c3ccccc3)c1CC)CCC(C)=C2. The van der Waals surface area contributed by atoms with Crippen molar-refractivity contribution in [3.63, 3.8) is 0 Å². The molecule has 1 heterocycles. The van der Waals surface area contributed by atoms with Crippen molar-refractivity contribution in [2.24, 2.45) is 0 Å². The fourth-order valence-corrected chi connectivity index (χ4v) is 3.35. The fourth-order valence-electron chi connectivity index (χ4n) is 3.35. The first-order chi connectivity index (χ1) is 10.3. The van der Waals surface area contributed by atoms with Gasteiger partial charge in [0.2, 0.25) is 0 Å². The molecule has 0 fully saturated rings. The van der Waals surface area contributed by atoms with Gasteiger partial charge in [-0.15, -0.1) is 0 Å². The summed E-state index contributed by atoms with van der Waals surface area (Å²) in [5, 5.41) is 0. The molecule has 0 N–H and O–H groups in total. The van der Waals surface area contributed by atoms with Gasteiger partial charge < -0.3 is 4.57 Å². The number of hydrogen-bond donors (Lipinski definition) is 0. The van der Waals surface area contributed by atoms with Crippen LogP contribution >= 0.6 is 0 Å². The van der Waals surface area contributed by atoms with Crippen molar-refractivity contribution in [3.8, 4) is 5.69 Å². The lowest BCUT2D eigenvalue weighted by Gasteiger charge is -2.16. The number of fused-ring (bicyclic) bond motifs is 1. The molecule has 1 aliphatic rings. The van der Waals surface area contributed by atoms with Gasteiger partial charge in [-0.1, -0.05) is 48.9 Å². The molecule has 21 heavy (non-hydrogen) atoms. The normalized spacial score (nSPS) is 14.3. The molecule has 1 aliphatic carbocycles. The van der Waals surface area contributed by atoms with E-state index in [0.717, 1.165) is 12.8 Å². The topological polar surface area (TPSA) is 4.93 Å². The first kappa shape index (κ1) is 13.9. The van der Waals surface area contributed by atoms with E-state index in [9.17, 15) is 0 Å². The van der Waals surface area contributed by atoms with Gasteiger partial charge >= 0.3 is 0 Å². The zero-order valence-electron chi connectivity index (χ0n) is 13.2. The van der Waals surface area contributed by atoms with Crippen LogP contribution in [0.3, 0.4) is 0 Å². The second-order valence-corrected chi connectivity index (χ2v) is 5.74. The van der Waals surface area contributed by atoms with Crippen LogP contribution in [0.15, 0.2) is 42.0 Å². The van der Waals surface area contributed by atoms with Gasteiger partial charge in [0.1, 0.15) is 0 Å². The summed E-state index contributed by atoms with van der Waals surface area (Å²) in [6.45, 7) is 6.60. The highest BCUT2D eigenvalue weighted by Crippen LogP contribution is 2.35. The van der Waals surface area contributed by atoms with Crippen molar-refractivity contribution >= 4 is 12.2 Å². The van der Waals surface area contributed by atoms with Crippen molar-refractivity contribution in [2.45, 2.75) is 40.0 Å². The monoisotopic (exact) mass is 277 g/mol. The van der Waals surface area contributed by atoms with Gasteiger partial charge in [-0.3, -0.25) is 0 Å². The third-order valence-electron chi connectivity index (χ3n) is 4.28. The van der Waals surface area contributed by atoms with Crippen LogP contribution in [0, 0.1) is 0 Å². The lowest BCUT2D eigenvalue weighted by Crippen LogP contribution is -2.06. The molecule has 0 saturated heterocycles. The van der Waals surface area contributed by atoms with Gasteiger partial charge in [0, 0.05) is 28.2 Å². The summed E-state index contributed by atoms with van der Waals surface area (Å²) in [5.41, 5.74) is 8.50. The maximum Gasteiger partial charge on any atom is 0.0455 e. The molecule has 0 unspecified atom stereocenters. The number of benzene rings is 1. The van der Waals surface area contributed by atoms with Crippen LogP contribution in [0.4, 0.5) is 0 Å². The van der Waals surface area contributed by atoms with E-state index in [2.05, 4.69) is 73.9 Å². The Labute approximate surface area is 127 Å². The van der Waals surface area contributed by atoms with Crippen molar-refractivity contribution in [1.82, 2.24) is 4.57 Å². The maximum atomic E-state index is 2.48. The highest BCUT2D eigenvalue weighted by atomic mass is 15.0. The van der Waals surface area contributed by atoms with Gasteiger partial charge in [-0.25, -0.2) is 0 Å². The number of aromatic nitrogens is 1. The minimum Gasteiger partial charge on any atom is -0.317 e. The summed E-state index contributed by atoms with van der Waals surface area (Å²) in [4.78, 5) is 0. The summed E-state index contributed by atoms with van der Waals surface area (Å²) in [6.07, 6.45) is 10.2. The first-order valence-corrected chi connectivity index (χ1v) is 7.88. The van der Waals surface area contributed by atoms with Crippen molar-refractivity contribution in [1.29, 1.82) is 0 Å². The van der Waals surface area contributed by atoms with Gasteiger partial charge in [0.25, 0.3) is 0 Å². The summed E-state index contributed by atoms with van der Waals surface area (Å²) in [5.74, 6) is 0. The van der Waals surface area contributed by atoms with E-state index < -0.39 is 0 Å². The van der Waals surface area contributed by atoms with Crippen LogP contribution in [-0.2, 0) is 12.8 Å². The summed E-state index contributed by atoms with van der Waals surface area (Å²) in [6, 6.07) is 10.8. The van der Waals surface area contributed by atoms with E-state index >= 15 is 0 Å². The number of nitrogens with zero attached hydrogens (tertiary/aromatic N) is 1. The van der Waals surface area contributed by atoms with Crippen molar-refractivity contribution < 1.29 is 0 Å². The van der Waals surface area contributed by atoms with Gasteiger partial charge in [-0.05, 0) is 45.2 Å². The molecule has 108 valence electrons. The highest BCUT2D eigenvalue weighted by Gasteiger charge is 2.22. The first-order valence-electron chi connectivity index (χ1n) is 7.88. The van der Waals surface area contributed by atoms with Crippen LogP contribution in [0.5, 0.6) is 0 Å². The molecular weight excluding hydrogens is 254 g/mol. The Kier molecular flexibility index (Phi) is 3.83. The third kappa shape index (κ3) is 2.37. The molecule has 2 aromatic rings. The molecule has 1 aromatic heterocycles. The van der Waals surface area contributed by atoms with E-state index in [-0.39, 0.29) is 0 Å². The molecule has 0 atom stereocenters. The molecule has 1 heteroatoms. The summed E-state index contributed by atoms with van der Waals surface area (Å²) < 4.78 is 2.48. The largest absolute Gasteiger partial charge is 0.317 e. The minimum absolute atomic E-state index is 1.05. The predicted octanol–water partition coefficient (Wildman–Crippen LogP) is 5.42. The van der Waals surface area contributed by atoms with Crippen molar-refractivity contribution in [3.05, 3.63) is 64.5 Å². The predicted molar refractivity (Wildman–Crippen MR) is 91.8 cm³/mol. The Balaban J connectivity index is 2.32. The average molecular weight is 277 g/mol. The molecule has 0 spiro atoms. The molecule has 1 nitrogen and oxygen atoms in total. The smallest absolute Gasteiger partial charge is 0.0455 e. The molecule has 0 aliphatic heterocycles. The summed E-state index contributed by atoms with van der Waals surface area (Å²) in [7, 11) is 0. The molecule has 0 amide bonds. The Bertz CT molecular complexity index is 695. The Morgan fingerprint density at radius 2 is 1.90 bits per heavy atom. The fraction of sp³-hybridized carbons (Fsp3) is 0.300. The van der Waals surface area contributed by atoms with E-state index in [1.165, 1.54) is 40.2 Å². The van der Waals surface area contributed by atoms with E-state index in [1.54, 1.807) is 0 Å². The van der Waals surface area contributed by atoms with Gasteiger partial charge in [0.15, 0.2) is 0 Å². The molecule has 0 bridgehead atoms. The second kappa shape index (κ2) is 5.77. The van der Waals surface area contributed by atoms with E-state index in [0.29, 0.717) is 0 Å². The van der Waals surface area contributed by atoms with Crippen LogP contribution in [0.2, 0.25) is 0 Å². The Hall–Kier alpha value is -2.02. The highest BCUT2D eigenvalue weighted by molar-refractivity contribution is 5.74. The standard InChI is InChI=1S/C20H23N/c1-4-9-17-18-14-15(3)12-13-20(18)21(19(17)5-2)16-10-7-6-8-11-16/h4,6-11,14H,5,12-13H2,1-3H3/b9-4-. The zero-order valence-corrected chi connectivity index (χ0v) is 13.2. The second-order valence-electron chi connectivity index (χ2n) is 5.74. The number of rotatable bonds is 3. The van der Waals surface area contributed by atoms with Crippen LogP contribution in [0.25, 0.3) is 17.8 Å². The van der Waals surface area contributed by atoms with E-state index in [4.69, 9.17) is 0 Å². The lowest BCUT2D eigenvalue weighted by atomic mass is 9.95. The number of para-hydroxylation sites is 1. The molecule has 0 saturated carbocycles. The number of hydrogen-bond acceptors (Lipinski definition) is 0. The maximum absolute atomic E-state index is 2.48. The average Bonchev–Trinajstić information content (AvgIpc) is 2.82. The van der Waals surface area contributed by atoms with E-state index in [1.807, 2.05) is 0 Å². The van der Waals surface area contributed by atoms with Crippen molar-refractivity contribution in [2.75, 3.05) is 0 Å². The number of allylic oxidation sites excluding steroid dienone is 2. The molecule has 1 aromatic carbocycles. The lowest BCUT2D eigenvalue weighted by molar-refractivity contribution is 0.816. The van der Waals surface area contributed by atoms with Crippen LogP contribution in [-0.4, -0.2) is 4.57 Å². The van der Waals surface area contributed by atoms with Crippen LogP contribution in [0.1, 0.15) is 49.7 Å². The molecular formula is C20H23N. The zero-order chi connectivity index (χ0) is 14.8. The quantitative estimate of drug-likeness (QED) is 0.705. The van der Waals surface area contributed by atoms with Gasteiger partial charge in [-0.2, -0.15) is 0 Å².